The third-order valence-corrected chi connectivity index (χ3v) is 5.13. The smallest absolute Gasteiger partial charge is 0.193 e. The number of halogens is 2. The predicted octanol–water partition coefficient (Wildman–Crippen LogP) is 3.83. The van der Waals surface area contributed by atoms with Gasteiger partial charge in [0.05, 0.1) is 12.8 Å². The lowest BCUT2D eigenvalue weighted by atomic mass is 10.0. The van der Waals surface area contributed by atoms with E-state index in [-0.39, 0.29) is 24.0 Å². The fourth-order valence-electron chi connectivity index (χ4n) is 3.44. The summed E-state index contributed by atoms with van der Waals surface area (Å²) in [5.74, 6) is 2.38. The van der Waals surface area contributed by atoms with E-state index in [1.165, 1.54) is 5.56 Å². The molecule has 1 aliphatic heterocycles. The molecule has 1 aromatic heterocycles. The van der Waals surface area contributed by atoms with Gasteiger partial charge in [0.1, 0.15) is 5.75 Å². The number of likely N-dealkylation sites (tertiary alicyclic amines) is 1. The van der Waals surface area contributed by atoms with E-state index in [1.54, 1.807) is 0 Å². The Labute approximate surface area is 189 Å². The van der Waals surface area contributed by atoms with E-state index in [0.29, 0.717) is 12.5 Å². The quantitative estimate of drug-likeness (QED) is 0.274. The maximum atomic E-state index is 5.98. The first-order chi connectivity index (χ1) is 13.1. The lowest BCUT2D eigenvalue weighted by Gasteiger charge is -2.21. The monoisotopic (exact) mass is 517 g/mol. The fraction of sp³-hybridized carbons (Fsp3) is 0.500. The van der Waals surface area contributed by atoms with Crippen LogP contribution in [0.25, 0.3) is 0 Å². The van der Waals surface area contributed by atoms with Crippen LogP contribution in [0.1, 0.15) is 29.9 Å². The summed E-state index contributed by atoms with van der Waals surface area (Å²) in [6, 6.07) is 5.70. The maximum Gasteiger partial charge on any atom is 0.193 e. The Hall–Kier alpha value is -1.48. The van der Waals surface area contributed by atoms with E-state index >= 15 is 0 Å². The summed E-state index contributed by atoms with van der Waals surface area (Å²) in [5.41, 5.74) is 2.37. The standard InChI is InChI=1S/C20H28ClN5O.HI/c1-15-11-18(21)5-6-19(15)27-10-4-8-23-20(22-2)26-9-7-16(14-26)17-12-24-25(3)13-17;/h5-6,11-13,16H,4,7-10,14H2,1-3H3,(H,22,23);1H. The average molecular weight is 518 g/mol. The molecule has 2 aromatic rings. The molecule has 3 rings (SSSR count). The van der Waals surface area contributed by atoms with Crippen molar-refractivity contribution in [1.82, 2.24) is 20.0 Å². The zero-order valence-electron chi connectivity index (χ0n) is 16.7. The molecule has 0 aliphatic carbocycles. The highest BCUT2D eigenvalue weighted by Gasteiger charge is 2.26. The van der Waals surface area contributed by atoms with E-state index in [1.807, 2.05) is 50.1 Å². The molecule has 1 saturated heterocycles. The Morgan fingerprint density at radius 3 is 2.93 bits per heavy atom. The van der Waals surface area contributed by atoms with Crippen molar-refractivity contribution in [2.45, 2.75) is 25.7 Å². The highest BCUT2D eigenvalue weighted by Crippen LogP contribution is 2.26. The average Bonchev–Trinajstić information content (AvgIpc) is 3.29. The van der Waals surface area contributed by atoms with E-state index < -0.39 is 0 Å². The van der Waals surface area contributed by atoms with Crippen LogP contribution in [0.2, 0.25) is 5.02 Å². The van der Waals surface area contributed by atoms with Gasteiger partial charge in [-0.15, -0.1) is 24.0 Å². The van der Waals surface area contributed by atoms with Gasteiger partial charge in [-0.3, -0.25) is 9.67 Å². The molecule has 0 saturated carbocycles. The Morgan fingerprint density at radius 1 is 1.43 bits per heavy atom. The minimum atomic E-state index is 0. The van der Waals surface area contributed by atoms with Gasteiger partial charge in [-0.1, -0.05) is 11.6 Å². The molecule has 0 radical (unpaired) electrons. The van der Waals surface area contributed by atoms with Crippen LogP contribution in [-0.4, -0.2) is 53.9 Å². The van der Waals surface area contributed by atoms with Crippen LogP contribution < -0.4 is 10.1 Å². The molecule has 0 bridgehead atoms. The number of hydrogen-bond donors (Lipinski definition) is 1. The summed E-state index contributed by atoms with van der Waals surface area (Å²) in [6.07, 6.45) is 6.12. The van der Waals surface area contributed by atoms with Crippen molar-refractivity contribution in [3.05, 3.63) is 46.7 Å². The summed E-state index contributed by atoms with van der Waals surface area (Å²) < 4.78 is 7.72. The molecule has 0 spiro atoms. The van der Waals surface area contributed by atoms with E-state index in [9.17, 15) is 0 Å². The van der Waals surface area contributed by atoms with Crippen molar-refractivity contribution in [2.24, 2.45) is 12.0 Å². The number of hydrogen-bond acceptors (Lipinski definition) is 3. The van der Waals surface area contributed by atoms with Crippen molar-refractivity contribution < 1.29 is 4.74 Å². The molecular weight excluding hydrogens is 489 g/mol. The van der Waals surface area contributed by atoms with Crippen molar-refractivity contribution in [2.75, 3.05) is 33.3 Å². The zero-order chi connectivity index (χ0) is 19.2. The van der Waals surface area contributed by atoms with Crippen LogP contribution in [-0.2, 0) is 7.05 Å². The van der Waals surface area contributed by atoms with Gasteiger partial charge in [0.25, 0.3) is 0 Å². The van der Waals surface area contributed by atoms with Crippen LogP contribution >= 0.6 is 35.6 Å². The van der Waals surface area contributed by atoms with Crippen LogP contribution in [0.5, 0.6) is 5.75 Å². The van der Waals surface area contributed by atoms with E-state index in [0.717, 1.165) is 54.8 Å². The number of ether oxygens (including phenoxy) is 1. The first-order valence-electron chi connectivity index (χ1n) is 9.40. The van der Waals surface area contributed by atoms with Crippen molar-refractivity contribution in [1.29, 1.82) is 0 Å². The fourth-order valence-corrected chi connectivity index (χ4v) is 3.66. The Morgan fingerprint density at radius 2 is 2.25 bits per heavy atom. The molecule has 1 fully saturated rings. The molecule has 1 aromatic carbocycles. The summed E-state index contributed by atoms with van der Waals surface area (Å²) in [5, 5.41) is 8.48. The molecule has 6 nitrogen and oxygen atoms in total. The van der Waals surface area contributed by atoms with E-state index in [4.69, 9.17) is 16.3 Å². The lowest BCUT2D eigenvalue weighted by Crippen LogP contribution is -2.40. The molecule has 1 aliphatic rings. The highest BCUT2D eigenvalue weighted by atomic mass is 127. The molecule has 8 heteroatoms. The minimum Gasteiger partial charge on any atom is -0.493 e. The third kappa shape index (κ3) is 6.01. The first kappa shape index (κ1) is 22.8. The van der Waals surface area contributed by atoms with Gasteiger partial charge in [0.15, 0.2) is 5.96 Å². The number of guanidine groups is 1. The third-order valence-electron chi connectivity index (χ3n) is 4.89. The number of nitrogens with one attached hydrogen (secondary N) is 1. The van der Waals surface area contributed by atoms with Gasteiger partial charge in [-0.2, -0.15) is 5.10 Å². The SMILES string of the molecule is CN=C(NCCCOc1ccc(Cl)cc1C)N1CCC(c2cnn(C)c2)C1.I. The van der Waals surface area contributed by atoms with Crippen LogP contribution in [0.3, 0.4) is 0 Å². The van der Waals surface area contributed by atoms with Gasteiger partial charge in [0.2, 0.25) is 0 Å². The van der Waals surface area contributed by atoms with Gasteiger partial charge in [-0.05, 0) is 49.1 Å². The normalized spacial score (nSPS) is 16.8. The summed E-state index contributed by atoms with van der Waals surface area (Å²) in [4.78, 5) is 6.76. The Balaban J connectivity index is 0.00000280. The number of aromatic nitrogens is 2. The van der Waals surface area contributed by atoms with Crippen LogP contribution in [0.15, 0.2) is 35.6 Å². The van der Waals surface area contributed by atoms with Crippen LogP contribution in [0.4, 0.5) is 0 Å². The van der Waals surface area contributed by atoms with Gasteiger partial charge in [0, 0.05) is 50.9 Å². The van der Waals surface area contributed by atoms with Crippen molar-refractivity contribution in [3.63, 3.8) is 0 Å². The topological polar surface area (TPSA) is 54.7 Å². The van der Waals surface area contributed by atoms with Gasteiger partial charge in [-0.25, -0.2) is 0 Å². The molecule has 1 unspecified atom stereocenters. The summed E-state index contributed by atoms with van der Waals surface area (Å²) in [7, 11) is 3.80. The Bertz CT molecular complexity index is 795. The summed E-state index contributed by atoms with van der Waals surface area (Å²) in [6.45, 7) is 5.48. The zero-order valence-corrected chi connectivity index (χ0v) is 19.8. The molecule has 2 heterocycles. The second kappa shape index (κ2) is 10.9. The molecular formula is C20H29ClIN5O. The second-order valence-electron chi connectivity index (χ2n) is 6.96. The number of benzene rings is 1. The molecule has 154 valence electrons. The van der Waals surface area contributed by atoms with Crippen molar-refractivity contribution in [3.8, 4) is 5.75 Å². The number of aryl methyl sites for hydroxylation is 2. The highest BCUT2D eigenvalue weighted by molar-refractivity contribution is 14.0. The predicted molar refractivity (Wildman–Crippen MR) is 125 cm³/mol. The largest absolute Gasteiger partial charge is 0.493 e. The number of aliphatic imine (C=N–C) groups is 1. The molecule has 0 amide bonds. The Kier molecular flexibility index (Phi) is 8.88. The molecule has 28 heavy (non-hydrogen) atoms. The van der Waals surface area contributed by atoms with Crippen molar-refractivity contribution >= 4 is 41.5 Å². The first-order valence-corrected chi connectivity index (χ1v) is 9.77. The van der Waals surface area contributed by atoms with Gasteiger partial charge < -0.3 is 15.0 Å². The lowest BCUT2D eigenvalue weighted by molar-refractivity contribution is 0.308. The van der Waals surface area contributed by atoms with Crippen LogP contribution in [0, 0.1) is 6.92 Å². The summed E-state index contributed by atoms with van der Waals surface area (Å²) >= 11 is 5.98. The molecule has 1 N–H and O–H groups in total. The second-order valence-corrected chi connectivity index (χ2v) is 7.40. The van der Waals surface area contributed by atoms with Gasteiger partial charge >= 0.3 is 0 Å². The van der Waals surface area contributed by atoms with E-state index in [2.05, 4.69) is 26.5 Å². The maximum absolute atomic E-state index is 5.98. The number of nitrogens with zero attached hydrogens (tertiary/aromatic N) is 4. The minimum absolute atomic E-state index is 0. The molecule has 1 atom stereocenters. The number of rotatable bonds is 6.